The lowest BCUT2D eigenvalue weighted by Crippen LogP contribution is -2.24. The number of hydrogen-bond acceptors (Lipinski definition) is 3. The lowest BCUT2D eigenvalue weighted by atomic mass is 10.0. The summed E-state index contributed by atoms with van der Waals surface area (Å²) >= 11 is 0. The minimum atomic E-state index is -0.923. The van der Waals surface area contributed by atoms with Crippen molar-refractivity contribution in [2.24, 2.45) is 5.92 Å². The SMILES string of the molecule is CCC(CC)C(=O)Nc1c2c(nn1-c1ccc(C)cc1)C[S@](=O)C2. The molecule has 24 heavy (non-hydrogen) atoms. The molecule has 0 bridgehead atoms. The van der Waals surface area contributed by atoms with E-state index in [-0.39, 0.29) is 11.8 Å². The van der Waals surface area contributed by atoms with Gasteiger partial charge in [-0.25, -0.2) is 4.68 Å². The van der Waals surface area contributed by atoms with E-state index >= 15 is 0 Å². The Labute approximate surface area is 144 Å². The van der Waals surface area contributed by atoms with Gasteiger partial charge in [-0.1, -0.05) is 31.5 Å². The predicted octanol–water partition coefficient (Wildman–Crippen LogP) is 3.32. The molecule has 1 aliphatic rings. The highest BCUT2D eigenvalue weighted by molar-refractivity contribution is 7.83. The average Bonchev–Trinajstić information content (AvgIpc) is 3.07. The highest BCUT2D eigenvalue weighted by Gasteiger charge is 2.29. The number of amides is 1. The molecule has 0 saturated carbocycles. The molecule has 1 aromatic carbocycles. The lowest BCUT2D eigenvalue weighted by Gasteiger charge is -2.15. The van der Waals surface area contributed by atoms with Crippen LogP contribution in [0.3, 0.4) is 0 Å². The van der Waals surface area contributed by atoms with Crippen molar-refractivity contribution in [3.05, 3.63) is 41.1 Å². The molecular formula is C18H23N3O2S. The maximum absolute atomic E-state index is 12.6. The minimum absolute atomic E-state index is 0.00810. The Morgan fingerprint density at radius 3 is 2.54 bits per heavy atom. The quantitative estimate of drug-likeness (QED) is 0.904. The van der Waals surface area contributed by atoms with Gasteiger partial charge in [-0.2, -0.15) is 5.10 Å². The Kier molecular flexibility index (Phi) is 4.85. The molecule has 0 fully saturated rings. The summed E-state index contributed by atoms with van der Waals surface area (Å²) in [4.78, 5) is 12.6. The van der Waals surface area contributed by atoms with Gasteiger partial charge in [0, 0.05) is 22.3 Å². The van der Waals surface area contributed by atoms with Crippen LogP contribution in [0.4, 0.5) is 5.82 Å². The van der Waals surface area contributed by atoms with Gasteiger partial charge in [0.25, 0.3) is 0 Å². The molecular weight excluding hydrogens is 322 g/mol. The third-order valence-electron chi connectivity index (χ3n) is 4.55. The summed E-state index contributed by atoms with van der Waals surface area (Å²) in [6.45, 7) is 6.07. The highest BCUT2D eigenvalue weighted by Crippen LogP contribution is 2.32. The van der Waals surface area contributed by atoms with Gasteiger partial charge in [-0.15, -0.1) is 0 Å². The minimum Gasteiger partial charge on any atom is -0.310 e. The third kappa shape index (κ3) is 3.15. The first-order valence-electron chi connectivity index (χ1n) is 8.37. The van der Waals surface area contributed by atoms with E-state index in [0.717, 1.165) is 29.8 Å². The Balaban J connectivity index is 2.01. The summed E-state index contributed by atoms with van der Waals surface area (Å²) < 4.78 is 13.7. The van der Waals surface area contributed by atoms with Crippen LogP contribution >= 0.6 is 0 Å². The van der Waals surface area contributed by atoms with Crippen LogP contribution in [-0.4, -0.2) is 19.9 Å². The number of aromatic nitrogens is 2. The summed E-state index contributed by atoms with van der Waals surface area (Å²) in [5.41, 5.74) is 3.81. The van der Waals surface area contributed by atoms with Crippen LogP contribution < -0.4 is 5.32 Å². The van der Waals surface area contributed by atoms with Gasteiger partial charge >= 0.3 is 0 Å². The van der Waals surface area contributed by atoms with E-state index < -0.39 is 10.8 Å². The zero-order valence-corrected chi connectivity index (χ0v) is 15.2. The van der Waals surface area contributed by atoms with Crippen molar-refractivity contribution in [2.75, 3.05) is 5.32 Å². The Morgan fingerprint density at radius 2 is 1.92 bits per heavy atom. The Hall–Kier alpha value is -1.95. The van der Waals surface area contributed by atoms with Crippen molar-refractivity contribution in [3.63, 3.8) is 0 Å². The number of benzene rings is 1. The van der Waals surface area contributed by atoms with Gasteiger partial charge in [-0.05, 0) is 31.9 Å². The molecule has 128 valence electrons. The van der Waals surface area contributed by atoms with Crippen molar-refractivity contribution in [1.29, 1.82) is 0 Å². The second-order valence-corrected chi connectivity index (χ2v) is 7.71. The summed E-state index contributed by atoms with van der Waals surface area (Å²) in [5, 5.41) is 7.67. The molecule has 5 nitrogen and oxygen atoms in total. The van der Waals surface area contributed by atoms with E-state index in [0.29, 0.717) is 17.3 Å². The maximum atomic E-state index is 12.6. The normalized spacial score (nSPS) is 16.4. The van der Waals surface area contributed by atoms with Crippen LogP contribution in [0.5, 0.6) is 0 Å². The fourth-order valence-electron chi connectivity index (χ4n) is 3.01. The van der Waals surface area contributed by atoms with Crippen LogP contribution in [-0.2, 0) is 27.1 Å². The lowest BCUT2D eigenvalue weighted by molar-refractivity contribution is -0.120. The van der Waals surface area contributed by atoms with Crippen LogP contribution in [0, 0.1) is 12.8 Å². The van der Waals surface area contributed by atoms with Crippen molar-refractivity contribution in [1.82, 2.24) is 9.78 Å². The molecule has 2 heterocycles. The number of carbonyl (C=O) groups is 1. The number of carbonyl (C=O) groups excluding carboxylic acids is 1. The van der Waals surface area contributed by atoms with Crippen molar-refractivity contribution in [3.8, 4) is 5.69 Å². The van der Waals surface area contributed by atoms with E-state index in [1.165, 1.54) is 5.56 Å². The van der Waals surface area contributed by atoms with Gasteiger partial charge in [-0.3, -0.25) is 9.00 Å². The monoisotopic (exact) mass is 345 g/mol. The van der Waals surface area contributed by atoms with Crippen LogP contribution in [0.15, 0.2) is 24.3 Å². The molecule has 0 aliphatic carbocycles. The molecule has 0 saturated heterocycles. The topological polar surface area (TPSA) is 64.0 Å². The number of hydrogen-bond donors (Lipinski definition) is 1. The molecule has 2 aromatic rings. The van der Waals surface area contributed by atoms with Crippen LogP contribution in [0.25, 0.3) is 5.69 Å². The Morgan fingerprint density at radius 1 is 1.25 bits per heavy atom. The van der Waals surface area contributed by atoms with Crippen LogP contribution in [0.2, 0.25) is 0 Å². The number of nitrogens with zero attached hydrogens (tertiary/aromatic N) is 2. The summed E-state index contributed by atoms with van der Waals surface area (Å²) in [6, 6.07) is 8.02. The second-order valence-electron chi connectivity index (χ2n) is 6.25. The Bertz CT molecular complexity index is 776. The van der Waals surface area contributed by atoms with E-state index in [1.807, 2.05) is 45.0 Å². The van der Waals surface area contributed by atoms with E-state index in [9.17, 15) is 9.00 Å². The standard InChI is InChI=1S/C18H23N3O2S/c1-4-13(5-2)18(22)19-17-15-10-24(23)11-16(15)20-21(17)14-8-6-12(3)7-9-14/h6-9,13H,4-5,10-11H2,1-3H3,(H,19,22)/t24-/m1/s1. The first-order chi connectivity index (χ1) is 11.5. The van der Waals surface area contributed by atoms with Gasteiger partial charge in [0.1, 0.15) is 5.82 Å². The van der Waals surface area contributed by atoms with Crippen molar-refractivity contribution in [2.45, 2.75) is 45.1 Å². The van der Waals surface area contributed by atoms with Gasteiger partial charge < -0.3 is 5.32 Å². The molecule has 1 amide bonds. The smallest absolute Gasteiger partial charge is 0.228 e. The fraction of sp³-hybridized carbons (Fsp3) is 0.444. The number of fused-ring (bicyclic) bond motifs is 1. The predicted molar refractivity (Wildman–Crippen MR) is 96.6 cm³/mol. The summed E-state index contributed by atoms with van der Waals surface area (Å²) in [7, 11) is -0.923. The average molecular weight is 345 g/mol. The number of anilines is 1. The molecule has 6 heteroatoms. The van der Waals surface area contributed by atoms with Gasteiger partial charge in [0.15, 0.2) is 0 Å². The molecule has 0 radical (unpaired) electrons. The molecule has 1 aliphatic heterocycles. The molecule has 0 unspecified atom stereocenters. The highest BCUT2D eigenvalue weighted by atomic mass is 32.2. The first kappa shape index (κ1) is 16.9. The largest absolute Gasteiger partial charge is 0.310 e. The maximum Gasteiger partial charge on any atom is 0.228 e. The van der Waals surface area contributed by atoms with Gasteiger partial charge in [0.05, 0.1) is 22.9 Å². The van der Waals surface area contributed by atoms with E-state index in [2.05, 4.69) is 10.4 Å². The number of aryl methyl sites for hydroxylation is 1. The molecule has 0 spiro atoms. The second kappa shape index (κ2) is 6.89. The van der Waals surface area contributed by atoms with E-state index in [1.54, 1.807) is 4.68 Å². The summed E-state index contributed by atoms with van der Waals surface area (Å²) in [5.74, 6) is 1.58. The zero-order valence-electron chi connectivity index (χ0n) is 14.3. The fourth-order valence-corrected chi connectivity index (χ4v) is 4.27. The number of nitrogens with one attached hydrogen (secondary N) is 1. The van der Waals surface area contributed by atoms with E-state index in [4.69, 9.17) is 0 Å². The number of rotatable bonds is 5. The van der Waals surface area contributed by atoms with Crippen molar-refractivity contribution < 1.29 is 9.00 Å². The first-order valence-corrected chi connectivity index (χ1v) is 9.85. The third-order valence-corrected chi connectivity index (χ3v) is 5.75. The van der Waals surface area contributed by atoms with Gasteiger partial charge in [0.2, 0.25) is 5.91 Å². The summed E-state index contributed by atoms with van der Waals surface area (Å²) in [6.07, 6.45) is 1.60. The molecule has 1 atom stereocenters. The molecule has 3 rings (SSSR count). The zero-order chi connectivity index (χ0) is 17.3. The van der Waals surface area contributed by atoms with Crippen LogP contribution in [0.1, 0.15) is 43.5 Å². The molecule has 1 aromatic heterocycles. The molecule has 1 N–H and O–H groups in total. The van der Waals surface area contributed by atoms with Crippen molar-refractivity contribution >= 4 is 22.5 Å².